The summed E-state index contributed by atoms with van der Waals surface area (Å²) in [6.45, 7) is 16.4. The summed E-state index contributed by atoms with van der Waals surface area (Å²) in [6, 6.07) is -0.155. The average molecular weight is 285 g/mol. The molecule has 0 aromatic heterocycles. The highest BCUT2D eigenvalue weighted by atomic mass is 16.6. The molecule has 1 unspecified atom stereocenters. The van der Waals surface area contributed by atoms with Crippen molar-refractivity contribution in [3.63, 3.8) is 0 Å². The van der Waals surface area contributed by atoms with Crippen LogP contribution < -0.4 is 0 Å². The summed E-state index contributed by atoms with van der Waals surface area (Å²) in [5, 5.41) is 0. The third-order valence-corrected chi connectivity index (χ3v) is 2.89. The molecule has 0 aliphatic heterocycles. The fraction of sp³-hybridized carbons (Fsp3) is 0.875. The monoisotopic (exact) mass is 285 g/mol. The maximum Gasteiger partial charge on any atom is 0.410 e. The normalized spacial score (nSPS) is 14.1. The number of carbonyl (C=O) groups is 2. The Bertz CT molecular complexity index is 324. The summed E-state index contributed by atoms with van der Waals surface area (Å²) in [4.78, 5) is 25.1. The second-order valence-electron chi connectivity index (χ2n) is 7.81. The van der Waals surface area contributed by atoms with E-state index in [-0.39, 0.29) is 17.6 Å². The first-order valence-corrected chi connectivity index (χ1v) is 7.31. The Labute approximate surface area is 123 Å². The Morgan fingerprint density at radius 1 is 1.15 bits per heavy atom. The molecule has 0 aliphatic rings. The third kappa shape index (κ3) is 6.92. The van der Waals surface area contributed by atoms with Gasteiger partial charge in [0.05, 0.1) is 0 Å². The topological polar surface area (TPSA) is 46.6 Å². The van der Waals surface area contributed by atoms with Gasteiger partial charge in [-0.3, -0.25) is 0 Å². The van der Waals surface area contributed by atoms with Crippen LogP contribution in [0.3, 0.4) is 0 Å². The molecule has 0 radical (unpaired) electrons. The molecule has 0 rings (SSSR count). The van der Waals surface area contributed by atoms with Crippen molar-refractivity contribution < 1.29 is 14.3 Å². The number of ether oxygens (including phenoxy) is 1. The molecule has 0 aromatic carbocycles. The highest BCUT2D eigenvalue weighted by Crippen LogP contribution is 2.28. The van der Waals surface area contributed by atoms with E-state index >= 15 is 0 Å². The van der Waals surface area contributed by atoms with E-state index < -0.39 is 5.60 Å². The van der Waals surface area contributed by atoms with Crippen LogP contribution in [-0.2, 0) is 9.53 Å². The van der Waals surface area contributed by atoms with E-state index in [1.807, 2.05) is 41.5 Å². The van der Waals surface area contributed by atoms with Gasteiger partial charge in [-0.15, -0.1) is 0 Å². The molecule has 0 bridgehead atoms. The van der Waals surface area contributed by atoms with E-state index in [9.17, 15) is 9.59 Å². The molecule has 0 heterocycles. The first kappa shape index (κ1) is 18.9. The molecule has 4 nitrogen and oxygen atoms in total. The van der Waals surface area contributed by atoms with E-state index in [1.165, 1.54) is 0 Å². The second-order valence-corrected chi connectivity index (χ2v) is 7.81. The number of hydrogen-bond acceptors (Lipinski definition) is 3. The molecule has 118 valence electrons. The molecule has 0 aromatic rings. The SMILES string of the molecule is CC(C)CN(C(=O)OC(C)(C)C)C(CC=O)C(C)(C)C. The second kappa shape index (κ2) is 7.09. The molecule has 20 heavy (non-hydrogen) atoms. The van der Waals surface area contributed by atoms with Crippen molar-refractivity contribution in [2.24, 2.45) is 11.3 Å². The summed E-state index contributed by atoms with van der Waals surface area (Å²) in [5.74, 6) is 0.319. The van der Waals surface area contributed by atoms with Crippen molar-refractivity contribution in [2.45, 2.75) is 73.5 Å². The van der Waals surface area contributed by atoms with Gasteiger partial charge in [0.2, 0.25) is 0 Å². The largest absolute Gasteiger partial charge is 0.444 e. The van der Waals surface area contributed by atoms with E-state index in [4.69, 9.17) is 4.74 Å². The maximum atomic E-state index is 12.4. The van der Waals surface area contributed by atoms with E-state index in [0.717, 1.165) is 6.29 Å². The smallest absolute Gasteiger partial charge is 0.410 e. The van der Waals surface area contributed by atoms with Gasteiger partial charge in [0.15, 0.2) is 0 Å². The fourth-order valence-electron chi connectivity index (χ4n) is 2.08. The van der Waals surface area contributed by atoms with Crippen LogP contribution in [-0.4, -0.2) is 35.5 Å². The lowest BCUT2D eigenvalue weighted by Crippen LogP contribution is -2.50. The fourth-order valence-corrected chi connectivity index (χ4v) is 2.08. The van der Waals surface area contributed by atoms with Crippen LogP contribution in [0.2, 0.25) is 0 Å². The molecule has 0 N–H and O–H groups in total. The van der Waals surface area contributed by atoms with E-state index in [0.29, 0.717) is 18.9 Å². The van der Waals surface area contributed by atoms with Gasteiger partial charge in [0, 0.05) is 19.0 Å². The minimum Gasteiger partial charge on any atom is -0.444 e. The highest BCUT2D eigenvalue weighted by Gasteiger charge is 2.35. The number of amides is 1. The number of aldehydes is 1. The van der Waals surface area contributed by atoms with Crippen LogP contribution in [0.1, 0.15) is 61.8 Å². The predicted octanol–water partition coefficient (Wildman–Crippen LogP) is 3.88. The first-order chi connectivity index (χ1) is 8.88. The lowest BCUT2D eigenvalue weighted by atomic mass is 9.83. The molecule has 0 fully saturated rings. The molecule has 1 amide bonds. The van der Waals surface area contributed by atoms with E-state index in [2.05, 4.69) is 13.8 Å². The van der Waals surface area contributed by atoms with E-state index in [1.54, 1.807) is 4.90 Å². The number of rotatable bonds is 5. The Morgan fingerprint density at radius 3 is 1.95 bits per heavy atom. The van der Waals surface area contributed by atoms with Crippen LogP contribution in [0.25, 0.3) is 0 Å². The van der Waals surface area contributed by atoms with Gasteiger partial charge in [0.25, 0.3) is 0 Å². The Morgan fingerprint density at radius 2 is 1.65 bits per heavy atom. The van der Waals surface area contributed by atoms with Crippen molar-refractivity contribution in [2.75, 3.05) is 6.54 Å². The zero-order chi connectivity index (χ0) is 16.1. The van der Waals surface area contributed by atoms with Gasteiger partial charge < -0.3 is 14.4 Å². The zero-order valence-corrected chi connectivity index (χ0v) is 14.3. The molecular weight excluding hydrogens is 254 g/mol. The lowest BCUT2D eigenvalue weighted by Gasteiger charge is -2.40. The number of hydrogen-bond donors (Lipinski definition) is 0. The summed E-state index contributed by atoms with van der Waals surface area (Å²) in [7, 11) is 0. The molecule has 0 spiro atoms. The number of nitrogens with zero attached hydrogens (tertiary/aromatic N) is 1. The zero-order valence-electron chi connectivity index (χ0n) is 14.3. The van der Waals surface area contributed by atoms with Crippen LogP contribution >= 0.6 is 0 Å². The van der Waals surface area contributed by atoms with Crippen molar-refractivity contribution in [1.29, 1.82) is 0 Å². The quantitative estimate of drug-likeness (QED) is 0.720. The summed E-state index contributed by atoms with van der Waals surface area (Å²) < 4.78 is 5.49. The van der Waals surface area contributed by atoms with Crippen LogP contribution in [0.4, 0.5) is 4.79 Å². The molecule has 1 atom stereocenters. The van der Waals surface area contributed by atoms with Crippen LogP contribution in [0, 0.1) is 11.3 Å². The minimum absolute atomic E-state index is 0.155. The van der Waals surface area contributed by atoms with Crippen LogP contribution in [0.5, 0.6) is 0 Å². The van der Waals surface area contributed by atoms with Crippen molar-refractivity contribution in [3.05, 3.63) is 0 Å². The van der Waals surface area contributed by atoms with Gasteiger partial charge in [-0.25, -0.2) is 4.79 Å². The Kier molecular flexibility index (Phi) is 6.72. The predicted molar refractivity (Wildman–Crippen MR) is 81.7 cm³/mol. The van der Waals surface area contributed by atoms with Gasteiger partial charge >= 0.3 is 6.09 Å². The van der Waals surface area contributed by atoms with Gasteiger partial charge in [-0.05, 0) is 32.1 Å². The highest BCUT2D eigenvalue weighted by molar-refractivity contribution is 5.69. The average Bonchev–Trinajstić information content (AvgIpc) is 2.18. The Balaban J connectivity index is 5.29. The molecule has 0 saturated heterocycles. The molecule has 4 heteroatoms. The number of carbonyl (C=O) groups excluding carboxylic acids is 2. The summed E-state index contributed by atoms with van der Waals surface area (Å²) in [6.07, 6.45) is 0.872. The summed E-state index contributed by atoms with van der Waals surface area (Å²) >= 11 is 0. The van der Waals surface area contributed by atoms with Crippen molar-refractivity contribution in [3.8, 4) is 0 Å². The standard InChI is InChI=1S/C16H31NO3/c1-12(2)11-17(14(19)20-16(6,7)8)13(9-10-18)15(3,4)5/h10,12-13H,9,11H2,1-8H3. The van der Waals surface area contributed by atoms with Crippen LogP contribution in [0.15, 0.2) is 0 Å². The maximum absolute atomic E-state index is 12.4. The molecule has 0 aliphatic carbocycles. The minimum atomic E-state index is -0.532. The third-order valence-electron chi connectivity index (χ3n) is 2.89. The first-order valence-electron chi connectivity index (χ1n) is 7.31. The lowest BCUT2D eigenvalue weighted by molar-refractivity contribution is -0.109. The van der Waals surface area contributed by atoms with Gasteiger partial charge in [0.1, 0.15) is 11.9 Å². The molecule has 0 saturated carbocycles. The molecular formula is C16H31NO3. The van der Waals surface area contributed by atoms with Gasteiger partial charge in [-0.1, -0.05) is 34.6 Å². The van der Waals surface area contributed by atoms with Gasteiger partial charge in [-0.2, -0.15) is 0 Å². The Hall–Kier alpha value is -1.06. The summed E-state index contributed by atoms with van der Waals surface area (Å²) in [5.41, 5.74) is -0.706. The van der Waals surface area contributed by atoms with Crippen molar-refractivity contribution in [1.82, 2.24) is 4.90 Å². The van der Waals surface area contributed by atoms with Crippen molar-refractivity contribution >= 4 is 12.4 Å².